The van der Waals surface area contributed by atoms with Crippen molar-refractivity contribution < 1.29 is 0 Å². The summed E-state index contributed by atoms with van der Waals surface area (Å²) in [6.07, 6.45) is 0. The Hall–Kier alpha value is -8.05. The average Bonchev–Trinajstić information content (AvgIpc) is 3.90. The fourth-order valence-corrected chi connectivity index (χ4v) is 10.2. The van der Waals surface area contributed by atoms with Crippen molar-refractivity contribution in [2.45, 2.75) is 0 Å². The third-order valence-electron chi connectivity index (χ3n) is 12.2. The summed E-state index contributed by atoms with van der Waals surface area (Å²) in [6.45, 7) is 0. The van der Waals surface area contributed by atoms with Gasteiger partial charge in [-0.05, 0) is 119 Å². The Kier molecular flexibility index (Phi) is 9.02. The van der Waals surface area contributed by atoms with E-state index < -0.39 is 0 Å². The normalized spacial score (nSPS) is 11.5. The van der Waals surface area contributed by atoms with Crippen LogP contribution in [-0.2, 0) is 0 Å². The quantitative estimate of drug-likeness (QED) is 0.165. The van der Waals surface area contributed by atoms with Gasteiger partial charge in [0.1, 0.15) is 0 Å². The summed E-state index contributed by atoms with van der Waals surface area (Å²) in [7, 11) is 0. The van der Waals surface area contributed by atoms with E-state index in [4.69, 9.17) is 4.98 Å². The Morgan fingerprint density at radius 1 is 0.349 bits per heavy atom. The number of nitrogens with zero attached hydrogens (tertiary/aromatic N) is 2. The first kappa shape index (κ1) is 36.8. The molecule has 0 amide bonds. The molecule has 12 rings (SSSR count). The summed E-state index contributed by atoms with van der Waals surface area (Å²) >= 11 is 1.86. The summed E-state index contributed by atoms with van der Waals surface area (Å²) in [5, 5.41) is 8.71. The summed E-state index contributed by atoms with van der Waals surface area (Å²) in [5.41, 5.74) is 16.7. The van der Waals surface area contributed by atoms with Gasteiger partial charge in [0.2, 0.25) is 0 Å². The zero-order valence-electron chi connectivity index (χ0n) is 34.2. The monoisotopic (exact) mass is 821 g/mol. The maximum atomic E-state index is 5.13. The molecule has 0 fully saturated rings. The summed E-state index contributed by atoms with van der Waals surface area (Å²) < 4.78 is 5.05. The molecule has 63 heavy (non-hydrogen) atoms. The van der Waals surface area contributed by atoms with Crippen molar-refractivity contribution in [3.63, 3.8) is 0 Å². The zero-order valence-corrected chi connectivity index (χ0v) is 35.1. The molecule has 12 aromatic rings. The second kappa shape index (κ2) is 15.4. The van der Waals surface area contributed by atoms with Crippen molar-refractivity contribution in [2.75, 3.05) is 5.32 Å². The van der Waals surface area contributed by atoms with Crippen molar-refractivity contribution in [1.82, 2.24) is 9.55 Å². The largest absolute Gasteiger partial charge is 0.355 e. The van der Waals surface area contributed by atoms with Gasteiger partial charge < -0.3 is 9.88 Å². The van der Waals surface area contributed by atoms with Crippen LogP contribution in [0.3, 0.4) is 0 Å². The molecule has 0 spiro atoms. The second-order valence-electron chi connectivity index (χ2n) is 16.1. The van der Waals surface area contributed by atoms with Crippen LogP contribution in [0.4, 0.5) is 11.4 Å². The highest BCUT2D eigenvalue weighted by Gasteiger charge is 2.17. The number of fused-ring (bicyclic) bond motifs is 6. The van der Waals surface area contributed by atoms with E-state index in [0.717, 1.165) is 67.3 Å². The molecule has 0 atom stereocenters. The lowest BCUT2D eigenvalue weighted by Gasteiger charge is -2.15. The number of para-hydroxylation sites is 1. The number of benzene rings is 9. The third kappa shape index (κ3) is 6.74. The van der Waals surface area contributed by atoms with Crippen LogP contribution in [0.2, 0.25) is 0 Å². The fraction of sp³-hybridized carbons (Fsp3) is 0. The van der Waals surface area contributed by atoms with Gasteiger partial charge in [-0.2, -0.15) is 0 Å². The number of anilines is 2. The van der Waals surface area contributed by atoms with Crippen molar-refractivity contribution >= 4 is 64.7 Å². The van der Waals surface area contributed by atoms with Gasteiger partial charge in [0.15, 0.2) is 0 Å². The van der Waals surface area contributed by atoms with Gasteiger partial charge in [-0.25, -0.2) is 4.98 Å². The molecule has 0 bridgehead atoms. The molecular weight excluding hydrogens is 783 g/mol. The molecule has 0 aliphatic heterocycles. The SMILES string of the molecule is c1ccc(Nc2ccc(-c3ccc4c(c3)c3cc(-c5ccc6sc7ccccc7c6c5)ccc3n4-c3cccc(-c4cccc(-c5ccccc5)n4)c3)cc2-c2ccccc2)cc1. The van der Waals surface area contributed by atoms with E-state index in [-0.39, 0.29) is 0 Å². The highest BCUT2D eigenvalue weighted by Crippen LogP contribution is 2.42. The zero-order chi connectivity index (χ0) is 41.7. The highest BCUT2D eigenvalue weighted by atomic mass is 32.1. The minimum Gasteiger partial charge on any atom is -0.355 e. The molecule has 0 saturated carbocycles. The molecule has 1 N–H and O–H groups in total. The Bertz CT molecular complexity index is 3640. The van der Waals surface area contributed by atoms with Crippen LogP contribution in [0.15, 0.2) is 231 Å². The van der Waals surface area contributed by atoms with Crippen molar-refractivity contribution in [3.8, 4) is 61.6 Å². The number of aromatic nitrogens is 2. The van der Waals surface area contributed by atoms with Crippen molar-refractivity contribution in [3.05, 3.63) is 231 Å². The van der Waals surface area contributed by atoms with Gasteiger partial charge in [-0.15, -0.1) is 11.3 Å². The molecule has 0 aliphatic rings. The van der Waals surface area contributed by atoms with Gasteiger partial charge in [-0.3, -0.25) is 0 Å². The number of hydrogen-bond acceptors (Lipinski definition) is 3. The molecule has 9 aromatic carbocycles. The van der Waals surface area contributed by atoms with Crippen molar-refractivity contribution in [2.24, 2.45) is 0 Å². The first-order chi connectivity index (χ1) is 31.2. The number of thiophene rings is 1. The van der Waals surface area contributed by atoms with Gasteiger partial charge in [0.05, 0.1) is 22.4 Å². The van der Waals surface area contributed by atoms with Crippen molar-refractivity contribution in [1.29, 1.82) is 0 Å². The molecular formula is C59H39N3S. The lowest BCUT2D eigenvalue weighted by Crippen LogP contribution is -1.95. The van der Waals surface area contributed by atoms with Gasteiger partial charge in [0.25, 0.3) is 0 Å². The standard InChI is InChI=1S/C59H39N3S/c1-4-14-39(15-5-1)49-35-41(26-30-55(49)60-46-19-8-3-9-20-46)42-27-31-56-50(36-42)51-37-43(44-29-33-59-52(38-44)48-22-10-11-25-58(48)63-59)28-32-57(51)62(56)47-21-12-18-45(34-47)54-24-13-23-53(61-54)40-16-6-2-7-17-40/h1-38,60H. The van der Waals surface area contributed by atoms with E-state index >= 15 is 0 Å². The van der Waals surface area contributed by atoms with Crippen LogP contribution in [0.1, 0.15) is 0 Å². The topological polar surface area (TPSA) is 29.9 Å². The van der Waals surface area contributed by atoms with E-state index in [1.165, 1.54) is 47.6 Å². The minimum atomic E-state index is 0.944. The Labute approximate surface area is 369 Å². The third-order valence-corrected chi connectivity index (χ3v) is 13.3. The molecule has 3 aromatic heterocycles. The van der Waals surface area contributed by atoms with Gasteiger partial charge in [0, 0.05) is 64.7 Å². The van der Waals surface area contributed by atoms with Crippen LogP contribution in [0.25, 0.3) is 104 Å². The van der Waals surface area contributed by atoms with Gasteiger partial charge in [-0.1, -0.05) is 140 Å². The Morgan fingerprint density at radius 2 is 0.889 bits per heavy atom. The average molecular weight is 822 g/mol. The Balaban J connectivity index is 1.03. The second-order valence-corrected chi connectivity index (χ2v) is 17.1. The number of pyridine rings is 1. The minimum absolute atomic E-state index is 0.944. The summed E-state index contributed by atoms with van der Waals surface area (Å²) in [4.78, 5) is 5.13. The van der Waals surface area contributed by atoms with Gasteiger partial charge >= 0.3 is 0 Å². The fourth-order valence-electron chi connectivity index (χ4n) is 9.10. The molecule has 296 valence electrons. The van der Waals surface area contributed by atoms with Crippen LogP contribution in [0.5, 0.6) is 0 Å². The predicted octanol–water partition coefficient (Wildman–Crippen LogP) is 16.6. The molecule has 0 radical (unpaired) electrons. The van der Waals surface area contributed by atoms with Crippen LogP contribution < -0.4 is 5.32 Å². The van der Waals surface area contributed by atoms with E-state index in [0.29, 0.717) is 0 Å². The molecule has 0 aliphatic carbocycles. The molecule has 0 unspecified atom stereocenters. The van der Waals surface area contributed by atoms with E-state index in [2.05, 4.69) is 228 Å². The maximum Gasteiger partial charge on any atom is 0.0710 e. The lowest BCUT2D eigenvalue weighted by molar-refractivity contribution is 1.18. The highest BCUT2D eigenvalue weighted by molar-refractivity contribution is 7.25. The first-order valence-electron chi connectivity index (χ1n) is 21.4. The molecule has 0 saturated heterocycles. The van der Waals surface area contributed by atoms with E-state index in [1.54, 1.807) is 0 Å². The number of nitrogens with one attached hydrogen (secondary N) is 1. The maximum absolute atomic E-state index is 5.13. The molecule has 3 nitrogen and oxygen atoms in total. The summed E-state index contributed by atoms with van der Waals surface area (Å²) in [6, 6.07) is 82.9. The molecule has 4 heteroatoms. The van der Waals surface area contributed by atoms with Crippen LogP contribution in [0, 0.1) is 0 Å². The smallest absolute Gasteiger partial charge is 0.0710 e. The Morgan fingerprint density at radius 3 is 1.62 bits per heavy atom. The van der Waals surface area contributed by atoms with E-state index in [9.17, 15) is 0 Å². The van der Waals surface area contributed by atoms with E-state index in [1.807, 2.05) is 23.5 Å². The number of hydrogen-bond donors (Lipinski definition) is 1. The summed E-state index contributed by atoms with van der Waals surface area (Å²) in [5.74, 6) is 0. The first-order valence-corrected chi connectivity index (χ1v) is 22.2. The van der Waals surface area contributed by atoms with Crippen LogP contribution in [-0.4, -0.2) is 9.55 Å². The number of rotatable bonds is 8. The molecule has 3 heterocycles. The van der Waals surface area contributed by atoms with Crippen LogP contribution >= 0.6 is 11.3 Å². The lowest BCUT2D eigenvalue weighted by atomic mass is 9.96. The predicted molar refractivity (Wildman–Crippen MR) is 268 cm³/mol.